The van der Waals surface area contributed by atoms with Crippen molar-refractivity contribution in [3.05, 3.63) is 66.0 Å². The van der Waals surface area contributed by atoms with E-state index in [0.29, 0.717) is 37.7 Å². The normalized spacial score (nSPS) is 14.6. The number of nitrogens with one attached hydrogen (secondary N) is 1. The number of alkyl halides is 3. The smallest absolute Gasteiger partial charge is 0.416 e. The van der Waals surface area contributed by atoms with E-state index in [-0.39, 0.29) is 23.9 Å². The number of carbonyl (C=O) groups excluding carboxylic acids is 2. The Balaban J connectivity index is 1.24. The summed E-state index contributed by atoms with van der Waals surface area (Å²) in [4.78, 5) is 30.3. The standard InChI is InChI=1S/C22H20F4N6O3/c23-17-10-14(22(24,25)26)3-4-19(17)35-16-5-8-31(9-6-16)20(33)12-28-21(34)18-13-32(30-29-18)15-2-1-7-27-11-15/h1-4,7,10-11,13,16H,5-6,8-9,12H2,(H,28,34). The Morgan fingerprint density at radius 2 is 1.94 bits per heavy atom. The molecule has 0 saturated carbocycles. The lowest BCUT2D eigenvalue weighted by atomic mass is 10.1. The number of halogens is 4. The molecule has 0 spiro atoms. The minimum Gasteiger partial charge on any atom is -0.487 e. The minimum atomic E-state index is -4.64. The van der Waals surface area contributed by atoms with Gasteiger partial charge in [-0.2, -0.15) is 13.2 Å². The molecule has 2 amide bonds. The number of ether oxygens (including phenoxy) is 1. The highest BCUT2D eigenvalue weighted by molar-refractivity contribution is 5.94. The number of amides is 2. The predicted octanol–water partition coefficient (Wildman–Crippen LogP) is 2.62. The van der Waals surface area contributed by atoms with Gasteiger partial charge < -0.3 is 15.0 Å². The zero-order valence-corrected chi connectivity index (χ0v) is 18.2. The Labute approximate surface area is 196 Å². The van der Waals surface area contributed by atoms with Crippen LogP contribution in [0.5, 0.6) is 5.75 Å². The van der Waals surface area contributed by atoms with Crippen LogP contribution in [0.4, 0.5) is 17.6 Å². The van der Waals surface area contributed by atoms with E-state index in [1.807, 2.05) is 0 Å². The van der Waals surface area contributed by atoms with Gasteiger partial charge in [0.05, 0.1) is 30.2 Å². The second kappa shape index (κ2) is 10.1. The number of hydrogen-bond acceptors (Lipinski definition) is 6. The number of benzene rings is 1. The van der Waals surface area contributed by atoms with Crippen molar-refractivity contribution in [2.45, 2.75) is 25.1 Å². The fourth-order valence-electron chi connectivity index (χ4n) is 3.52. The molecule has 184 valence electrons. The van der Waals surface area contributed by atoms with Crippen LogP contribution in [0.25, 0.3) is 5.69 Å². The van der Waals surface area contributed by atoms with Crippen LogP contribution in [0, 0.1) is 5.82 Å². The summed E-state index contributed by atoms with van der Waals surface area (Å²) in [5, 5.41) is 10.2. The average molecular weight is 492 g/mol. The van der Waals surface area contributed by atoms with E-state index in [1.165, 1.54) is 15.8 Å². The molecule has 0 unspecified atom stereocenters. The molecule has 3 heterocycles. The average Bonchev–Trinajstić information content (AvgIpc) is 3.34. The lowest BCUT2D eigenvalue weighted by Gasteiger charge is -2.32. The van der Waals surface area contributed by atoms with E-state index in [2.05, 4.69) is 20.6 Å². The molecule has 35 heavy (non-hydrogen) atoms. The maximum absolute atomic E-state index is 14.0. The van der Waals surface area contributed by atoms with Crippen LogP contribution in [0.2, 0.25) is 0 Å². The summed E-state index contributed by atoms with van der Waals surface area (Å²) in [6, 6.07) is 5.56. The molecule has 1 aromatic carbocycles. The first kappa shape index (κ1) is 24.1. The molecule has 1 aliphatic heterocycles. The molecule has 1 aliphatic rings. The predicted molar refractivity (Wildman–Crippen MR) is 113 cm³/mol. The summed E-state index contributed by atoms with van der Waals surface area (Å²) >= 11 is 0. The number of carbonyl (C=O) groups is 2. The molecule has 1 fully saturated rings. The highest BCUT2D eigenvalue weighted by atomic mass is 19.4. The SMILES string of the molecule is O=C(NCC(=O)N1CCC(Oc2ccc(C(F)(F)F)cc2F)CC1)c1cn(-c2cccnc2)nn1. The summed E-state index contributed by atoms with van der Waals surface area (Å²) in [6.07, 6.45) is 0.193. The van der Waals surface area contributed by atoms with Crippen molar-refractivity contribution in [2.24, 2.45) is 0 Å². The third kappa shape index (κ3) is 5.91. The van der Waals surface area contributed by atoms with Crippen LogP contribution >= 0.6 is 0 Å². The molecule has 0 atom stereocenters. The number of pyridine rings is 1. The van der Waals surface area contributed by atoms with E-state index < -0.39 is 29.6 Å². The summed E-state index contributed by atoms with van der Waals surface area (Å²) in [5.41, 5.74) is -0.437. The summed E-state index contributed by atoms with van der Waals surface area (Å²) in [7, 11) is 0. The van der Waals surface area contributed by atoms with E-state index in [9.17, 15) is 27.2 Å². The maximum atomic E-state index is 14.0. The van der Waals surface area contributed by atoms with Crippen LogP contribution in [-0.2, 0) is 11.0 Å². The minimum absolute atomic E-state index is 0.0346. The molecule has 4 rings (SSSR count). The first-order chi connectivity index (χ1) is 16.7. The second-order valence-electron chi connectivity index (χ2n) is 7.78. The molecule has 0 aliphatic carbocycles. The quantitative estimate of drug-likeness (QED) is 0.531. The topological polar surface area (TPSA) is 102 Å². The molecule has 0 radical (unpaired) electrons. The fourth-order valence-corrected chi connectivity index (χ4v) is 3.52. The van der Waals surface area contributed by atoms with Gasteiger partial charge in [-0.25, -0.2) is 9.07 Å². The third-order valence-corrected chi connectivity index (χ3v) is 5.38. The zero-order valence-electron chi connectivity index (χ0n) is 18.2. The van der Waals surface area contributed by atoms with Gasteiger partial charge in [0, 0.05) is 32.1 Å². The van der Waals surface area contributed by atoms with Crippen molar-refractivity contribution >= 4 is 11.8 Å². The fraction of sp³-hybridized carbons (Fsp3) is 0.318. The van der Waals surface area contributed by atoms with Gasteiger partial charge in [0.1, 0.15) is 6.10 Å². The van der Waals surface area contributed by atoms with Gasteiger partial charge in [-0.15, -0.1) is 5.10 Å². The first-order valence-electron chi connectivity index (χ1n) is 10.6. The molecule has 9 nitrogen and oxygen atoms in total. The number of rotatable bonds is 6. The molecule has 1 N–H and O–H groups in total. The van der Waals surface area contributed by atoms with Gasteiger partial charge in [-0.1, -0.05) is 5.21 Å². The number of nitrogens with zero attached hydrogens (tertiary/aromatic N) is 5. The van der Waals surface area contributed by atoms with Gasteiger partial charge >= 0.3 is 6.18 Å². The summed E-state index contributed by atoms with van der Waals surface area (Å²) < 4.78 is 58.9. The van der Waals surface area contributed by atoms with Gasteiger partial charge in [-0.3, -0.25) is 14.6 Å². The Bertz CT molecular complexity index is 1190. The highest BCUT2D eigenvalue weighted by Gasteiger charge is 2.32. The second-order valence-corrected chi connectivity index (χ2v) is 7.78. The number of piperidine rings is 1. The molecule has 13 heteroatoms. The number of hydrogen-bond donors (Lipinski definition) is 1. The molecular formula is C22H20F4N6O3. The number of aromatic nitrogens is 4. The van der Waals surface area contributed by atoms with Crippen molar-refractivity contribution in [2.75, 3.05) is 19.6 Å². The van der Waals surface area contributed by atoms with Gasteiger partial charge in [0.2, 0.25) is 5.91 Å². The monoisotopic (exact) mass is 492 g/mol. The zero-order chi connectivity index (χ0) is 25.0. The summed E-state index contributed by atoms with van der Waals surface area (Å²) in [6.45, 7) is 0.329. The third-order valence-electron chi connectivity index (χ3n) is 5.38. The van der Waals surface area contributed by atoms with E-state index in [0.717, 1.165) is 12.1 Å². The Hall–Kier alpha value is -4.03. The van der Waals surface area contributed by atoms with Crippen molar-refractivity contribution in [1.82, 2.24) is 30.2 Å². The van der Waals surface area contributed by atoms with Crippen molar-refractivity contribution in [1.29, 1.82) is 0 Å². The van der Waals surface area contributed by atoms with Gasteiger partial charge in [0.25, 0.3) is 5.91 Å². The molecule has 2 aromatic heterocycles. The largest absolute Gasteiger partial charge is 0.487 e. The maximum Gasteiger partial charge on any atom is 0.416 e. The van der Waals surface area contributed by atoms with Crippen molar-refractivity contribution in [3.8, 4) is 11.4 Å². The van der Waals surface area contributed by atoms with Crippen molar-refractivity contribution in [3.63, 3.8) is 0 Å². The van der Waals surface area contributed by atoms with E-state index in [1.54, 1.807) is 24.5 Å². The molecular weight excluding hydrogens is 472 g/mol. The lowest BCUT2D eigenvalue weighted by molar-refractivity contribution is -0.137. The lowest BCUT2D eigenvalue weighted by Crippen LogP contribution is -2.46. The van der Waals surface area contributed by atoms with Gasteiger partial charge in [0.15, 0.2) is 17.3 Å². The molecule has 0 bridgehead atoms. The van der Waals surface area contributed by atoms with E-state index >= 15 is 0 Å². The molecule has 1 saturated heterocycles. The van der Waals surface area contributed by atoms with Gasteiger partial charge in [-0.05, 0) is 30.3 Å². The first-order valence-corrected chi connectivity index (χ1v) is 10.6. The Kier molecular flexibility index (Phi) is 6.94. The Morgan fingerprint density at radius 1 is 1.17 bits per heavy atom. The van der Waals surface area contributed by atoms with Crippen LogP contribution < -0.4 is 10.1 Å². The van der Waals surface area contributed by atoms with Crippen molar-refractivity contribution < 1.29 is 31.9 Å². The Morgan fingerprint density at radius 3 is 2.60 bits per heavy atom. The number of likely N-dealkylation sites (tertiary alicyclic amines) is 1. The van der Waals surface area contributed by atoms with Crippen LogP contribution in [-0.4, -0.2) is 62.4 Å². The molecule has 3 aromatic rings. The highest BCUT2D eigenvalue weighted by Crippen LogP contribution is 2.32. The summed E-state index contributed by atoms with van der Waals surface area (Å²) in [5.74, 6) is -2.25. The van der Waals surface area contributed by atoms with Crippen LogP contribution in [0.1, 0.15) is 28.9 Å². The van der Waals surface area contributed by atoms with E-state index in [4.69, 9.17) is 4.74 Å². The van der Waals surface area contributed by atoms with Crippen LogP contribution in [0.3, 0.4) is 0 Å². The van der Waals surface area contributed by atoms with Crippen LogP contribution in [0.15, 0.2) is 48.9 Å².